The second-order valence-corrected chi connectivity index (χ2v) is 7.64. The van der Waals surface area contributed by atoms with Gasteiger partial charge in [0.25, 0.3) is 0 Å². The van der Waals surface area contributed by atoms with E-state index in [0.717, 1.165) is 5.69 Å². The molecule has 112 valence electrons. The number of benzene rings is 1. The molecule has 8 heteroatoms. The van der Waals surface area contributed by atoms with Crippen LogP contribution in [-0.4, -0.2) is 29.0 Å². The number of aromatic nitrogens is 2. The van der Waals surface area contributed by atoms with Gasteiger partial charge in [-0.25, -0.2) is 8.42 Å². The second-order valence-electron chi connectivity index (χ2n) is 4.92. The van der Waals surface area contributed by atoms with Crippen LogP contribution in [-0.2, 0) is 23.1 Å². The standard InChI is InChI=1S/C13H13Cl2N3O2S/c1-9-6-13(12(15)7-11(9)14)21(19,20)17-4-5-18-10(8-17)2-3-16-18/h2-3,6-7H,4-5,8H2,1H3. The highest BCUT2D eigenvalue weighted by Gasteiger charge is 2.30. The van der Waals surface area contributed by atoms with Gasteiger partial charge >= 0.3 is 0 Å². The lowest BCUT2D eigenvalue weighted by Gasteiger charge is -2.27. The van der Waals surface area contributed by atoms with Crippen LogP contribution in [0.4, 0.5) is 0 Å². The summed E-state index contributed by atoms with van der Waals surface area (Å²) in [4.78, 5) is 0.0963. The Bertz CT molecular complexity index is 802. The molecule has 0 bridgehead atoms. The molecule has 0 atom stereocenters. The van der Waals surface area contributed by atoms with Gasteiger partial charge in [-0.1, -0.05) is 23.2 Å². The fourth-order valence-electron chi connectivity index (χ4n) is 2.33. The van der Waals surface area contributed by atoms with E-state index in [1.54, 1.807) is 17.8 Å². The van der Waals surface area contributed by atoms with E-state index in [2.05, 4.69) is 5.10 Å². The van der Waals surface area contributed by atoms with Crippen LogP contribution >= 0.6 is 23.2 Å². The first kappa shape index (κ1) is 14.8. The Hall–Kier alpha value is -1.08. The minimum absolute atomic E-state index is 0.0963. The molecule has 1 aliphatic rings. The van der Waals surface area contributed by atoms with Crippen molar-refractivity contribution in [1.29, 1.82) is 0 Å². The topological polar surface area (TPSA) is 55.2 Å². The Kier molecular flexibility index (Phi) is 3.73. The third-order valence-corrected chi connectivity index (χ3v) is 6.25. The Balaban J connectivity index is 2.00. The number of hydrogen-bond donors (Lipinski definition) is 0. The number of sulfonamides is 1. The smallest absolute Gasteiger partial charge is 0.244 e. The van der Waals surface area contributed by atoms with E-state index in [1.165, 1.54) is 16.4 Å². The zero-order valence-corrected chi connectivity index (χ0v) is 13.6. The molecule has 5 nitrogen and oxygen atoms in total. The average molecular weight is 346 g/mol. The van der Waals surface area contributed by atoms with Crippen LogP contribution in [0.5, 0.6) is 0 Å². The van der Waals surface area contributed by atoms with Gasteiger partial charge in [-0.3, -0.25) is 4.68 Å². The number of hydrogen-bond acceptors (Lipinski definition) is 3. The fourth-order valence-corrected chi connectivity index (χ4v) is 4.54. The summed E-state index contributed by atoms with van der Waals surface area (Å²) in [5.41, 5.74) is 1.55. The van der Waals surface area contributed by atoms with Crippen LogP contribution in [0.2, 0.25) is 10.0 Å². The maximum Gasteiger partial charge on any atom is 0.244 e. The van der Waals surface area contributed by atoms with Crippen molar-refractivity contribution in [2.75, 3.05) is 6.54 Å². The van der Waals surface area contributed by atoms with E-state index in [-0.39, 0.29) is 9.92 Å². The SMILES string of the molecule is Cc1cc(S(=O)(=O)N2CCn3nccc3C2)c(Cl)cc1Cl. The molecule has 0 spiro atoms. The molecule has 0 amide bonds. The van der Waals surface area contributed by atoms with Crippen molar-refractivity contribution in [3.05, 3.63) is 45.7 Å². The summed E-state index contributed by atoms with van der Waals surface area (Å²) in [5.74, 6) is 0. The predicted molar refractivity (Wildman–Crippen MR) is 81.0 cm³/mol. The van der Waals surface area contributed by atoms with Gasteiger partial charge in [-0.05, 0) is 30.7 Å². The van der Waals surface area contributed by atoms with E-state index >= 15 is 0 Å². The highest BCUT2D eigenvalue weighted by atomic mass is 35.5. The summed E-state index contributed by atoms with van der Waals surface area (Å²) in [6.45, 7) is 2.95. The molecule has 0 aliphatic carbocycles. The quantitative estimate of drug-likeness (QED) is 0.840. The van der Waals surface area contributed by atoms with Gasteiger partial charge in [0.1, 0.15) is 4.90 Å². The van der Waals surface area contributed by atoms with Gasteiger partial charge in [0.2, 0.25) is 10.0 Å². The summed E-state index contributed by atoms with van der Waals surface area (Å²) in [7, 11) is -3.65. The van der Waals surface area contributed by atoms with E-state index < -0.39 is 10.0 Å². The second kappa shape index (κ2) is 5.28. The molecular weight excluding hydrogens is 333 g/mol. The largest absolute Gasteiger partial charge is 0.267 e. The van der Waals surface area contributed by atoms with Crippen LogP contribution < -0.4 is 0 Å². The zero-order valence-electron chi connectivity index (χ0n) is 11.3. The lowest BCUT2D eigenvalue weighted by Crippen LogP contribution is -2.38. The van der Waals surface area contributed by atoms with Gasteiger partial charge in [0, 0.05) is 17.8 Å². The third-order valence-electron chi connectivity index (χ3n) is 3.54. The molecule has 1 aliphatic heterocycles. The van der Waals surface area contributed by atoms with Crippen molar-refractivity contribution in [3.63, 3.8) is 0 Å². The lowest BCUT2D eigenvalue weighted by molar-refractivity contribution is 0.326. The average Bonchev–Trinajstić information content (AvgIpc) is 2.90. The van der Waals surface area contributed by atoms with Crippen LogP contribution in [0.1, 0.15) is 11.3 Å². The van der Waals surface area contributed by atoms with Crippen LogP contribution in [0, 0.1) is 6.92 Å². The summed E-state index contributed by atoms with van der Waals surface area (Å²) >= 11 is 12.0. The molecule has 0 fully saturated rings. The van der Waals surface area contributed by atoms with Gasteiger partial charge in [0.05, 0.1) is 23.8 Å². The van der Waals surface area contributed by atoms with Crippen molar-refractivity contribution in [3.8, 4) is 0 Å². The minimum atomic E-state index is -3.65. The lowest BCUT2D eigenvalue weighted by atomic mass is 10.2. The Morgan fingerprint density at radius 3 is 2.71 bits per heavy atom. The Morgan fingerprint density at radius 1 is 1.19 bits per heavy atom. The molecule has 0 unspecified atom stereocenters. The summed E-state index contributed by atoms with van der Waals surface area (Å²) < 4.78 is 28.8. The minimum Gasteiger partial charge on any atom is -0.267 e. The van der Waals surface area contributed by atoms with Gasteiger partial charge in [0.15, 0.2) is 0 Å². The molecule has 3 rings (SSSR count). The molecule has 21 heavy (non-hydrogen) atoms. The van der Waals surface area contributed by atoms with E-state index in [1.807, 2.05) is 6.07 Å². The van der Waals surface area contributed by atoms with E-state index in [4.69, 9.17) is 23.2 Å². The third kappa shape index (κ3) is 2.57. The summed E-state index contributed by atoms with van der Waals surface area (Å²) in [6.07, 6.45) is 1.67. The first-order valence-electron chi connectivity index (χ1n) is 6.36. The van der Waals surface area contributed by atoms with Crippen molar-refractivity contribution in [1.82, 2.24) is 14.1 Å². The molecule has 1 aromatic heterocycles. The molecule has 2 aromatic rings. The van der Waals surface area contributed by atoms with Crippen LogP contribution in [0.25, 0.3) is 0 Å². The molecular formula is C13H13Cl2N3O2S. The van der Waals surface area contributed by atoms with Crippen LogP contribution in [0.15, 0.2) is 29.3 Å². The predicted octanol–water partition coefficient (Wildman–Crippen LogP) is 2.70. The number of fused-ring (bicyclic) bond motifs is 1. The highest BCUT2D eigenvalue weighted by molar-refractivity contribution is 7.89. The monoisotopic (exact) mass is 345 g/mol. The van der Waals surface area contributed by atoms with Crippen molar-refractivity contribution in [2.45, 2.75) is 24.9 Å². The van der Waals surface area contributed by atoms with Crippen molar-refractivity contribution in [2.24, 2.45) is 0 Å². The number of aryl methyl sites for hydroxylation is 1. The first-order valence-corrected chi connectivity index (χ1v) is 8.55. The maximum atomic E-state index is 12.8. The fraction of sp³-hybridized carbons (Fsp3) is 0.308. The van der Waals surface area contributed by atoms with E-state index in [9.17, 15) is 8.42 Å². The van der Waals surface area contributed by atoms with Gasteiger partial charge in [-0.15, -0.1) is 0 Å². The van der Waals surface area contributed by atoms with Crippen molar-refractivity contribution >= 4 is 33.2 Å². The zero-order chi connectivity index (χ0) is 15.2. The Morgan fingerprint density at radius 2 is 1.95 bits per heavy atom. The molecule has 1 aromatic carbocycles. The maximum absolute atomic E-state index is 12.8. The first-order chi connectivity index (χ1) is 9.89. The number of nitrogens with zero attached hydrogens (tertiary/aromatic N) is 3. The Labute approximate surface area is 133 Å². The number of halogens is 2. The molecule has 0 N–H and O–H groups in total. The highest BCUT2D eigenvalue weighted by Crippen LogP contribution is 2.31. The van der Waals surface area contributed by atoms with Crippen LogP contribution in [0.3, 0.4) is 0 Å². The van der Waals surface area contributed by atoms with Gasteiger partial charge < -0.3 is 0 Å². The van der Waals surface area contributed by atoms with Crippen molar-refractivity contribution < 1.29 is 8.42 Å². The van der Waals surface area contributed by atoms with Gasteiger partial charge in [-0.2, -0.15) is 9.40 Å². The number of rotatable bonds is 2. The van der Waals surface area contributed by atoms with E-state index in [0.29, 0.717) is 30.2 Å². The molecule has 2 heterocycles. The normalized spacial score (nSPS) is 16.0. The molecule has 0 radical (unpaired) electrons. The molecule has 0 saturated carbocycles. The summed E-state index contributed by atoms with van der Waals surface area (Å²) in [5, 5.41) is 4.74. The molecule has 0 saturated heterocycles. The summed E-state index contributed by atoms with van der Waals surface area (Å²) in [6, 6.07) is 4.81.